The van der Waals surface area contributed by atoms with Crippen LogP contribution in [-0.2, 0) is 6.54 Å². The third-order valence-corrected chi connectivity index (χ3v) is 3.97. The Balaban J connectivity index is 1.79. The van der Waals surface area contributed by atoms with Crippen molar-refractivity contribution in [1.82, 2.24) is 9.78 Å². The average molecular weight is 344 g/mol. The van der Waals surface area contributed by atoms with Crippen molar-refractivity contribution in [2.45, 2.75) is 6.54 Å². The number of hydrogen-bond acceptors (Lipinski definition) is 3. The molecule has 4 nitrogen and oxygen atoms in total. The van der Waals surface area contributed by atoms with E-state index in [1.165, 1.54) is 6.20 Å². The number of aromatic nitrogens is 2. The van der Waals surface area contributed by atoms with Crippen LogP contribution in [0.5, 0.6) is 0 Å². The van der Waals surface area contributed by atoms with Gasteiger partial charge in [0.2, 0.25) is 5.43 Å². The van der Waals surface area contributed by atoms with Gasteiger partial charge in [-0.25, -0.2) is 0 Å². The van der Waals surface area contributed by atoms with E-state index in [2.05, 4.69) is 26.3 Å². The fourth-order valence-electron chi connectivity index (χ4n) is 2.24. The first kappa shape index (κ1) is 13.8. The van der Waals surface area contributed by atoms with Crippen molar-refractivity contribution in [3.63, 3.8) is 0 Å². The van der Waals surface area contributed by atoms with Gasteiger partial charge in [0.25, 0.3) is 0 Å². The minimum Gasteiger partial charge on any atom is -0.382 e. The lowest BCUT2D eigenvalue weighted by Crippen LogP contribution is -2.17. The number of halogens is 1. The molecule has 0 aliphatic carbocycles. The maximum atomic E-state index is 11.8. The number of para-hydroxylation sites is 2. The highest BCUT2D eigenvalue weighted by Gasteiger charge is 2.03. The summed E-state index contributed by atoms with van der Waals surface area (Å²) in [6.45, 7) is 1.41. The predicted octanol–water partition coefficient (Wildman–Crippen LogP) is 3.27. The van der Waals surface area contributed by atoms with Crippen LogP contribution in [0.1, 0.15) is 0 Å². The highest BCUT2D eigenvalue weighted by molar-refractivity contribution is 9.10. The first-order valence-corrected chi connectivity index (χ1v) is 7.48. The second-order valence-corrected chi connectivity index (χ2v) is 5.51. The first-order valence-electron chi connectivity index (χ1n) is 6.69. The van der Waals surface area contributed by atoms with Crippen LogP contribution in [0.2, 0.25) is 0 Å². The quantitative estimate of drug-likeness (QED) is 0.790. The lowest BCUT2D eigenvalue weighted by atomic mass is 10.2. The molecule has 1 aromatic heterocycles. The zero-order valence-electron chi connectivity index (χ0n) is 11.3. The highest BCUT2D eigenvalue weighted by Crippen LogP contribution is 2.20. The summed E-state index contributed by atoms with van der Waals surface area (Å²) in [5.41, 5.74) is 1.86. The van der Waals surface area contributed by atoms with Crippen LogP contribution < -0.4 is 10.7 Å². The number of rotatable bonds is 4. The predicted molar refractivity (Wildman–Crippen MR) is 88.6 cm³/mol. The molecule has 0 spiro atoms. The Morgan fingerprint density at radius 2 is 1.86 bits per heavy atom. The van der Waals surface area contributed by atoms with E-state index in [0.717, 1.165) is 22.2 Å². The number of anilines is 1. The number of nitrogens with zero attached hydrogens (tertiary/aromatic N) is 2. The molecular formula is C16H14BrN3O. The fraction of sp³-hybridized carbons (Fsp3) is 0.125. The molecule has 1 N–H and O–H groups in total. The molecule has 0 aliphatic heterocycles. The molecule has 2 aromatic carbocycles. The summed E-state index contributed by atoms with van der Waals surface area (Å²) in [5.74, 6) is 0. The minimum absolute atomic E-state index is 0.0411. The summed E-state index contributed by atoms with van der Waals surface area (Å²) in [7, 11) is 0. The second-order valence-electron chi connectivity index (χ2n) is 4.66. The normalized spacial score (nSPS) is 10.7. The molecule has 0 atom stereocenters. The Labute approximate surface area is 130 Å². The van der Waals surface area contributed by atoms with E-state index in [-0.39, 0.29) is 5.43 Å². The first-order chi connectivity index (χ1) is 10.3. The molecule has 1 heterocycles. The molecule has 0 saturated heterocycles. The van der Waals surface area contributed by atoms with Gasteiger partial charge in [0.1, 0.15) is 0 Å². The van der Waals surface area contributed by atoms with Gasteiger partial charge in [0, 0.05) is 22.1 Å². The highest BCUT2D eigenvalue weighted by atomic mass is 79.9. The standard InChI is InChI=1S/C16H14BrN3O/c17-13-6-2-3-7-14(13)18-9-10-20-15-8-4-1-5-12(15)16(21)11-19-20/h1-8,11,18H,9-10H2. The van der Waals surface area contributed by atoms with Crippen molar-refractivity contribution < 1.29 is 0 Å². The summed E-state index contributed by atoms with van der Waals surface area (Å²) >= 11 is 3.51. The Morgan fingerprint density at radius 3 is 2.71 bits per heavy atom. The third kappa shape index (κ3) is 2.97. The molecule has 5 heteroatoms. The molecule has 21 heavy (non-hydrogen) atoms. The van der Waals surface area contributed by atoms with Crippen molar-refractivity contribution in [3.05, 3.63) is 69.4 Å². The number of fused-ring (bicyclic) bond motifs is 1. The van der Waals surface area contributed by atoms with E-state index in [1.807, 2.05) is 53.2 Å². The van der Waals surface area contributed by atoms with Gasteiger partial charge in [0.05, 0.1) is 18.3 Å². The van der Waals surface area contributed by atoms with Gasteiger partial charge in [-0.05, 0) is 40.2 Å². The van der Waals surface area contributed by atoms with Crippen LogP contribution in [0.15, 0.2) is 64.0 Å². The van der Waals surface area contributed by atoms with Gasteiger partial charge in [-0.15, -0.1) is 0 Å². The molecule has 3 rings (SSSR count). The fourth-order valence-corrected chi connectivity index (χ4v) is 2.67. The van der Waals surface area contributed by atoms with Crippen LogP contribution >= 0.6 is 15.9 Å². The zero-order chi connectivity index (χ0) is 14.7. The van der Waals surface area contributed by atoms with Crippen molar-refractivity contribution in [3.8, 4) is 0 Å². The molecule has 0 saturated carbocycles. The molecule has 0 aliphatic rings. The SMILES string of the molecule is O=c1cnn(CCNc2ccccc2Br)c2ccccc12. The van der Waals surface area contributed by atoms with E-state index >= 15 is 0 Å². The van der Waals surface area contributed by atoms with Gasteiger partial charge in [-0.3, -0.25) is 9.48 Å². The largest absolute Gasteiger partial charge is 0.382 e. The van der Waals surface area contributed by atoms with E-state index in [1.54, 1.807) is 0 Å². The summed E-state index contributed by atoms with van der Waals surface area (Å²) in [6.07, 6.45) is 1.38. The lowest BCUT2D eigenvalue weighted by molar-refractivity contribution is 0.646. The smallest absolute Gasteiger partial charge is 0.207 e. The van der Waals surface area contributed by atoms with E-state index < -0.39 is 0 Å². The van der Waals surface area contributed by atoms with Crippen LogP contribution in [-0.4, -0.2) is 16.3 Å². The summed E-state index contributed by atoms with van der Waals surface area (Å²) in [6, 6.07) is 15.5. The maximum absolute atomic E-state index is 11.8. The summed E-state index contributed by atoms with van der Waals surface area (Å²) < 4.78 is 2.88. The minimum atomic E-state index is -0.0411. The van der Waals surface area contributed by atoms with E-state index in [9.17, 15) is 4.79 Å². The van der Waals surface area contributed by atoms with Crippen LogP contribution in [0.25, 0.3) is 10.9 Å². The molecule has 0 amide bonds. The molecule has 0 fully saturated rings. The van der Waals surface area contributed by atoms with Gasteiger partial charge >= 0.3 is 0 Å². The van der Waals surface area contributed by atoms with Crippen molar-refractivity contribution in [1.29, 1.82) is 0 Å². The molecule has 0 radical (unpaired) electrons. The van der Waals surface area contributed by atoms with Crippen LogP contribution in [0, 0.1) is 0 Å². The van der Waals surface area contributed by atoms with Crippen molar-refractivity contribution in [2.24, 2.45) is 0 Å². The van der Waals surface area contributed by atoms with Crippen molar-refractivity contribution in [2.75, 3.05) is 11.9 Å². The Kier molecular flexibility index (Phi) is 4.01. The van der Waals surface area contributed by atoms with E-state index in [4.69, 9.17) is 0 Å². The molecule has 3 aromatic rings. The van der Waals surface area contributed by atoms with Crippen LogP contribution in [0.3, 0.4) is 0 Å². The second kappa shape index (κ2) is 6.10. The number of hydrogen-bond donors (Lipinski definition) is 1. The third-order valence-electron chi connectivity index (χ3n) is 3.27. The molecule has 106 valence electrons. The maximum Gasteiger partial charge on any atom is 0.207 e. The molecular weight excluding hydrogens is 330 g/mol. The lowest BCUT2D eigenvalue weighted by Gasteiger charge is -2.11. The van der Waals surface area contributed by atoms with Gasteiger partial charge in [-0.2, -0.15) is 5.10 Å². The van der Waals surface area contributed by atoms with E-state index in [0.29, 0.717) is 11.9 Å². The van der Waals surface area contributed by atoms with Crippen molar-refractivity contribution >= 4 is 32.5 Å². The summed E-state index contributed by atoms with van der Waals surface area (Å²) in [4.78, 5) is 11.8. The average Bonchev–Trinajstić information content (AvgIpc) is 2.52. The topological polar surface area (TPSA) is 46.9 Å². The summed E-state index contributed by atoms with van der Waals surface area (Å²) in [5, 5.41) is 8.27. The van der Waals surface area contributed by atoms with Gasteiger partial charge in [-0.1, -0.05) is 24.3 Å². The number of nitrogens with one attached hydrogen (secondary N) is 1. The Bertz CT molecular complexity index is 829. The van der Waals surface area contributed by atoms with Crippen LogP contribution in [0.4, 0.5) is 5.69 Å². The Morgan fingerprint density at radius 1 is 1.10 bits per heavy atom. The monoisotopic (exact) mass is 343 g/mol. The molecule has 0 bridgehead atoms. The number of benzene rings is 2. The van der Waals surface area contributed by atoms with Gasteiger partial charge < -0.3 is 5.32 Å². The van der Waals surface area contributed by atoms with Gasteiger partial charge in [0.15, 0.2) is 0 Å². The Hall–Kier alpha value is -2.14. The molecule has 0 unspecified atom stereocenters. The zero-order valence-corrected chi connectivity index (χ0v) is 12.9.